The lowest BCUT2D eigenvalue weighted by Crippen LogP contribution is -2.35. The van der Waals surface area contributed by atoms with Crippen molar-refractivity contribution in [2.75, 3.05) is 13.1 Å². The molecular formula is C17H23NO2Si. The number of aryl methyl sites for hydroxylation is 1. The summed E-state index contributed by atoms with van der Waals surface area (Å²) in [5.41, 5.74) is 4.92. The average molecular weight is 301 g/mol. The highest BCUT2D eigenvalue weighted by Gasteiger charge is 2.16. The Morgan fingerprint density at radius 3 is 2.19 bits per heavy atom. The van der Waals surface area contributed by atoms with Gasteiger partial charge in [0, 0.05) is 5.56 Å². The molecule has 3 nitrogen and oxygen atoms in total. The fourth-order valence-electron chi connectivity index (χ4n) is 1.75. The van der Waals surface area contributed by atoms with Crippen molar-refractivity contribution in [2.24, 2.45) is 0 Å². The predicted molar refractivity (Wildman–Crippen MR) is 88.9 cm³/mol. The van der Waals surface area contributed by atoms with Crippen molar-refractivity contribution in [3.8, 4) is 11.5 Å². The summed E-state index contributed by atoms with van der Waals surface area (Å²) in [5.74, 6) is 2.88. The summed E-state index contributed by atoms with van der Waals surface area (Å²) in [6, 6.07) is 7.37. The molecule has 0 N–H and O–H groups in total. The first kappa shape index (κ1) is 17.2. The van der Waals surface area contributed by atoms with Crippen LogP contribution in [0.3, 0.4) is 0 Å². The van der Waals surface area contributed by atoms with Gasteiger partial charge in [0.1, 0.15) is 13.9 Å². The zero-order valence-corrected chi connectivity index (χ0v) is 14.5. The first-order chi connectivity index (χ1) is 9.69. The molecule has 1 rings (SSSR count). The first-order valence-corrected chi connectivity index (χ1v) is 10.5. The predicted octanol–water partition coefficient (Wildman–Crippen LogP) is 2.91. The molecule has 0 radical (unpaired) electrons. The third kappa shape index (κ3) is 6.41. The van der Waals surface area contributed by atoms with Crippen LogP contribution in [-0.4, -0.2) is 37.8 Å². The van der Waals surface area contributed by atoms with Crippen LogP contribution >= 0.6 is 0 Å². The van der Waals surface area contributed by atoms with E-state index >= 15 is 0 Å². The molecule has 0 saturated carbocycles. The van der Waals surface area contributed by atoms with Crippen molar-refractivity contribution in [3.63, 3.8) is 0 Å². The molecule has 0 spiro atoms. The van der Waals surface area contributed by atoms with Gasteiger partial charge in [-0.25, -0.2) is 0 Å². The minimum absolute atomic E-state index is 0.0368. The van der Waals surface area contributed by atoms with Crippen molar-refractivity contribution in [2.45, 2.75) is 33.5 Å². The second kappa shape index (κ2) is 7.23. The van der Waals surface area contributed by atoms with Crippen LogP contribution in [0.1, 0.15) is 22.8 Å². The van der Waals surface area contributed by atoms with Crippen LogP contribution in [0.5, 0.6) is 0 Å². The Balaban J connectivity index is 2.90. The number of carbonyl (C=O) groups is 2. The Hall–Kier alpha value is -1.86. The topological polar surface area (TPSA) is 37.4 Å². The van der Waals surface area contributed by atoms with Gasteiger partial charge < -0.3 is 4.90 Å². The molecule has 0 unspecified atom stereocenters. The number of amides is 1. The van der Waals surface area contributed by atoms with Crippen molar-refractivity contribution in [3.05, 3.63) is 35.4 Å². The largest absolute Gasteiger partial charge is 0.320 e. The van der Waals surface area contributed by atoms with Gasteiger partial charge in [-0.05, 0) is 26.0 Å². The number of benzene rings is 1. The van der Waals surface area contributed by atoms with Gasteiger partial charge in [-0.1, -0.05) is 43.3 Å². The summed E-state index contributed by atoms with van der Waals surface area (Å²) in [7, 11) is -1.47. The van der Waals surface area contributed by atoms with Crippen LogP contribution in [0.2, 0.25) is 19.6 Å². The van der Waals surface area contributed by atoms with E-state index in [1.165, 1.54) is 11.8 Å². The van der Waals surface area contributed by atoms with E-state index in [9.17, 15) is 9.59 Å². The third-order valence-corrected chi connectivity index (χ3v) is 3.66. The molecule has 0 saturated heterocycles. The van der Waals surface area contributed by atoms with Gasteiger partial charge in [-0.2, -0.15) is 0 Å². The van der Waals surface area contributed by atoms with E-state index < -0.39 is 8.07 Å². The molecule has 0 aliphatic rings. The summed E-state index contributed by atoms with van der Waals surface area (Å²) in [5, 5.41) is 0. The number of ketones is 1. The molecule has 1 amide bonds. The van der Waals surface area contributed by atoms with E-state index in [1.807, 2.05) is 19.1 Å². The molecule has 0 aromatic heterocycles. The number of nitrogens with zero attached hydrogens (tertiary/aromatic N) is 1. The van der Waals surface area contributed by atoms with Gasteiger partial charge in [0.15, 0.2) is 0 Å². The van der Waals surface area contributed by atoms with Crippen LogP contribution in [0.4, 0.5) is 0 Å². The van der Waals surface area contributed by atoms with Crippen LogP contribution < -0.4 is 0 Å². The van der Waals surface area contributed by atoms with Crippen LogP contribution in [-0.2, 0) is 4.79 Å². The van der Waals surface area contributed by atoms with E-state index in [1.54, 1.807) is 12.1 Å². The monoisotopic (exact) mass is 301 g/mol. The highest BCUT2D eigenvalue weighted by Crippen LogP contribution is 2.07. The number of carbonyl (C=O) groups excluding carboxylic acids is 2. The molecule has 0 bridgehead atoms. The van der Waals surface area contributed by atoms with E-state index in [2.05, 4.69) is 31.1 Å². The van der Waals surface area contributed by atoms with E-state index in [0.29, 0.717) is 12.1 Å². The maximum atomic E-state index is 12.5. The number of hydrogen-bond donors (Lipinski definition) is 0. The van der Waals surface area contributed by atoms with Crippen molar-refractivity contribution in [1.29, 1.82) is 0 Å². The molecule has 21 heavy (non-hydrogen) atoms. The molecule has 1 aromatic carbocycles. The van der Waals surface area contributed by atoms with Crippen molar-refractivity contribution >= 4 is 19.8 Å². The molecule has 0 aliphatic carbocycles. The second-order valence-corrected chi connectivity index (χ2v) is 11.0. The summed E-state index contributed by atoms with van der Waals surface area (Å²) in [6.07, 6.45) is 0. The van der Waals surface area contributed by atoms with E-state index in [-0.39, 0.29) is 18.2 Å². The van der Waals surface area contributed by atoms with Crippen LogP contribution in [0.25, 0.3) is 0 Å². The molecule has 0 aliphatic heterocycles. The minimum Gasteiger partial charge on any atom is -0.320 e. The Bertz CT molecular complexity index is 574. The molecule has 0 atom stereocenters. The SMILES string of the molecule is CC(=O)CN(CC#C[Si](C)(C)C)C(=O)c1ccc(C)cc1. The summed E-state index contributed by atoms with van der Waals surface area (Å²) in [6.45, 7) is 10.3. The zero-order chi connectivity index (χ0) is 16.0. The lowest BCUT2D eigenvalue weighted by Gasteiger charge is -2.19. The average Bonchev–Trinajstić information content (AvgIpc) is 2.36. The summed E-state index contributed by atoms with van der Waals surface area (Å²) >= 11 is 0. The number of hydrogen-bond acceptors (Lipinski definition) is 2. The Labute approximate surface area is 128 Å². The maximum absolute atomic E-state index is 12.5. The molecule has 0 heterocycles. The van der Waals surface area contributed by atoms with Gasteiger partial charge in [0.2, 0.25) is 0 Å². The highest BCUT2D eigenvalue weighted by atomic mass is 28.3. The van der Waals surface area contributed by atoms with E-state index in [0.717, 1.165) is 5.56 Å². The van der Waals surface area contributed by atoms with Gasteiger partial charge in [-0.3, -0.25) is 9.59 Å². The molecule has 1 aromatic rings. The Kier molecular flexibility index (Phi) is 5.92. The Morgan fingerprint density at radius 2 is 1.71 bits per heavy atom. The second-order valence-electron chi connectivity index (χ2n) is 6.28. The summed E-state index contributed by atoms with van der Waals surface area (Å²) in [4.78, 5) is 25.3. The lowest BCUT2D eigenvalue weighted by atomic mass is 10.1. The van der Waals surface area contributed by atoms with Crippen molar-refractivity contribution < 1.29 is 9.59 Å². The maximum Gasteiger partial charge on any atom is 0.255 e. The van der Waals surface area contributed by atoms with Crippen LogP contribution in [0.15, 0.2) is 24.3 Å². The summed E-state index contributed by atoms with van der Waals surface area (Å²) < 4.78 is 0. The number of Topliss-reactive ketones (excluding diaryl/α,β-unsaturated/α-hetero) is 1. The van der Waals surface area contributed by atoms with Crippen LogP contribution in [0, 0.1) is 18.4 Å². The highest BCUT2D eigenvalue weighted by molar-refractivity contribution is 6.83. The lowest BCUT2D eigenvalue weighted by molar-refractivity contribution is -0.117. The third-order valence-electron chi connectivity index (χ3n) is 2.73. The molecule has 4 heteroatoms. The Morgan fingerprint density at radius 1 is 1.14 bits per heavy atom. The standard InChI is InChI=1S/C17H23NO2Si/c1-14-7-9-16(10-8-14)17(20)18(13-15(2)19)11-6-12-21(3,4)5/h7-10H,11,13H2,1-5H3. The number of rotatable bonds is 4. The molecular weight excluding hydrogens is 278 g/mol. The fraction of sp³-hybridized carbons (Fsp3) is 0.412. The van der Waals surface area contributed by atoms with Crippen molar-refractivity contribution in [1.82, 2.24) is 4.90 Å². The quantitative estimate of drug-likeness (QED) is 0.633. The van der Waals surface area contributed by atoms with Gasteiger partial charge in [-0.15, -0.1) is 5.54 Å². The van der Waals surface area contributed by atoms with Gasteiger partial charge in [0.25, 0.3) is 5.91 Å². The smallest absolute Gasteiger partial charge is 0.255 e. The van der Waals surface area contributed by atoms with Gasteiger partial charge >= 0.3 is 0 Å². The van der Waals surface area contributed by atoms with E-state index in [4.69, 9.17) is 0 Å². The van der Waals surface area contributed by atoms with Gasteiger partial charge in [0.05, 0.1) is 13.1 Å². The zero-order valence-electron chi connectivity index (χ0n) is 13.5. The fourth-order valence-corrected chi connectivity index (χ4v) is 2.36. The molecule has 0 fully saturated rings. The minimum atomic E-state index is -1.47. The first-order valence-electron chi connectivity index (χ1n) is 7.04. The molecule has 112 valence electrons. The normalized spacial score (nSPS) is 10.5.